The van der Waals surface area contributed by atoms with Crippen molar-refractivity contribution in [3.05, 3.63) is 77.1 Å². The van der Waals surface area contributed by atoms with E-state index >= 15 is 0 Å². The summed E-state index contributed by atoms with van der Waals surface area (Å²) in [5.41, 5.74) is 4.15. The Labute approximate surface area is 368 Å². The standard InChI is InChI=1S/C45H52Cl2N2O13/c1-21-10-11-26-22(2)31(61-45-44(58)43(57)41(55)34(62-45)20-59-21)13-29-37(26)24(15-46)17-48(29)35(51)8-5-9-36(52)49-18-25(16-47)38-28-7-4-3-6-27(28)32(14-30(38)49)60-33-12-23(19-50)39(53)42(56)40(33)54/h3-4,6-7,10-11,13-14,23-25,33-34,39-45,50,53-58H,1,5,8-9,12,15-20H2,2H3/b11-10-/t23?,24-,25-,33?,34?,39?,40?,41?,42?,43?,44?,45?/m1/s1. The van der Waals surface area contributed by atoms with Crippen LogP contribution in [-0.2, 0) is 19.1 Å². The van der Waals surface area contributed by atoms with E-state index in [0.29, 0.717) is 40.2 Å². The van der Waals surface area contributed by atoms with Crippen molar-refractivity contribution in [3.8, 4) is 11.5 Å². The van der Waals surface area contributed by atoms with Gasteiger partial charge in [0.05, 0.1) is 17.5 Å². The number of allylic oxidation sites excluding steroid dienone is 1. The molecule has 1 saturated carbocycles. The average molecular weight is 900 g/mol. The molecule has 17 heteroatoms. The molecule has 5 aliphatic rings. The topological polar surface area (TPSA) is 219 Å². The van der Waals surface area contributed by atoms with Crippen LogP contribution >= 0.6 is 23.2 Å². The Morgan fingerprint density at radius 1 is 0.823 bits per heavy atom. The summed E-state index contributed by atoms with van der Waals surface area (Å²) in [6.45, 7) is 5.76. The predicted octanol–water partition coefficient (Wildman–Crippen LogP) is 2.94. The zero-order valence-electron chi connectivity index (χ0n) is 34.1. The van der Waals surface area contributed by atoms with Crippen molar-refractivity contribution in [1.29, 1.82) is 0 Å². The highest BCUT2D eigenvalue weighted by Gasteiger charge is 2.47. The molecule has 0 radical (unpaired) electrons. The second kappa shape index (κ2) is 18.2. The third-order valence-corrected chi connectivity index (χ3v) is 13.7. The van der Waals surface area contributed by atoms with Gasteiger partial charge in [0.15, 0.2) is 0 Å². The minimum absolute atomic E-state index is 0.0156. The monoisotopic (exact) mass is 898 g/mol. The van der Waals surface area contributed by atoms with Gasteiger partial charge in [-0.25, -0.2) is 0 Å². The fourth-order valence-corrected chi connectivity index (χ4v) is 10.0. The molecule has 4 heterocycles. The molecule has 1 saturated heterocycles. The van der Waals surface area contributed by atoms with Crippen molar-refractivity contribution in [2.24, 2.45) is 5.92 Å². The van der Waals surface area contributed by atoms with Crippen LogP contribution in [0.3, 0.4) is 0 Å². The molecule has 0 aromatic heterocycles. The van der Waals surface area contributed by atoms with E-state index in [9.17, 15) is 45.3 Å². The lowest BCUT2D eigenvalue weighted by atomic mass is 9.81. The van der Waals surface area contributed by atoms with Crippen LogP contribution in [0.4, 0.5) is 11.4 Å². The number of carbonyl (C=O) groups is 2. The second-order valence-corrected chi connectivity index (χ2v) is 17.4. The molecule has 3 aromatic carbocycles. The lowest BCUT2D eigenvalue weighted by molar-refractivity contribution is -0.278. The molecule has 1 aliphatic carbocycles. The number of anilines is 2. The second-order valence-electron chi connectivity index (χ2n) is 16.8. The predicted molar refractivity (Wildman–Crippen MR) is 230 cm³/mol. The summed E-state index contributed by atoms with van der Waals surface area (Å²) < 4.78 is 24.1. The van der Waals surface area contributed by atoms with Crippen LogP contribution in [0.1, 0.15) is 59.8 Å². The number of benzene rings is 3. The molecule has 15 nitrogen and oxygen atoms in total. The number of aliphatic hydroxyl groups is 7. The van der Waals surface area contributed by atoms with Gasteiger partial charge in [0, 0.05) is 79.6 Å². The third-order valence-electron chi connectivity index (χ3n) is 13.0. The largest absolute Gasteiger partial charge is 0.491 e. The summed E-state index contributed by atoms with van der Waals surface area (Å²) in [4.78, 5) is 31.5. The Bertz CT molecular complexity index is 2240. The van der Waals surface area contributed by atoms with Crippen molar-refractivity contribution in [1.82, 2.24) is 0 Å². The molecule has 7 N–H and O–H groups in total. The maximum atomic E-state index is 14.1. The Hall–Kier alpha value is -4.00. The maximum Gasteiger partial charge on any atom is 0.229 e. The van der Waals surface area contributed by atoms with Crippen molar-refractivity contribution < 1.29 is 64.3 Å². The number of ether oxygens (including phenoxy) is 4. The van der Waals surface area contributed by atoms with Gasteiger partial charge in [0.2, 0.25) is 18.1 Å². The van der Waals surface area contributed by atoms with Gasteiger partial charge in [0.25, 0.3) is 0 Å². The molecule has 334 valence electrons. The third kappa shape index (κ3) is 8.06. The quantitative estimate of drug-likeness (QED) is 0.154. The van der Waals surface area contributed by atoms with Gasteiger partial charge < -0.3 is 64.5 Å². The van der Waals surface area contributed by atoms with E-state index < -0.39 is 67.6 Å². The molecule has 10 unspecified atom stereocenters. The molecule has 2 fully saturated rings. The summed E-state index contributed by atoms with van der Waals surface area (Å²) in [5, 5.41) is 75.2. The van der Waals surface area contributed by atoms with Gasteiger partial charge in [-0.05, 0) is 53.5 Å². The molecular formula is C45H52Cl2N2O13. The van der Waals surface area contributed by atoms with Crippen LogP contribution in [0, 0.1) is 12.8 Å². The lowest BCUT2D eigenvalue weighted by Gasteiger charge is -2.40. The summed E-state index contributed by atoms with van der Waals surface area (Å²) in [5.74, 6) is -0.345. The molecule has 12 atom stereocenters. The first-order valence-corrected chi connectivity index (χ1v) is 22.0. The minimum atomic E-state index is -1.60. The fraction of sp³-hybridized carbons (Fsp3) is 0.511. The van der Waals surface area contributed by atoms with Crippen LogP contribution in [0.15, 0.2) is 54.8 Å². The van der Waals surface area contributed by atoms with E-state index in [1.807, 2.05) is 31.2 Å². The number of hydrogen-bond acceptors (Lipinski definition) is 13. The Kier molecular flexibility index (Phi) is 13.1. The number of carbonyl (C=O) groups excluding carboxylic acids is 2. The minimum Gasteiger partial charge on any atom is -0.491 e. The van der Waals surface area contributed by atoms with Gasteiger partial charge in [-0.15, -0.1) is 23.2 Å². The summed E-state index contributed by atoms with van der Waals surface area (Å²) in [6, 6.07) is 10.9. The first-order valence-electron chi connectivity index (χ1n) is 20.9. The van der Waals surface area contributed by atoms with Crippen LogP contribution in [-0.4, -0.2) is 141 Å². The highest BCUT2D eigenvalue weighted by molar-refractivity contribution is 6.19. The van der Waals surface area contributed by atoms with Gasteiger partial charge in [0.1, 0.15) is 66.6 Å². The van der Waals surface area contributed by atoms with Crippen molar-refractivity contribution >= 4 is 63.2 Å². The van der Waals surface area contributed by atoms with Crippen molar-refractivity contribution in [2.75, 3.05) is 47.9 Å². The number of nitrogens with zero attached hydrogens (tertiary/aromatic N) is 2. The molecule has 3 aromatic rings. The molecular weight excluding hydrogens is 847 g/mol. The smallest absolute Gasteiger partial charge is 0.229 e. The van der Waals surface area contributed by atoms with Gasteiger partial charge in [-0.1, -0.05) is 36.9 Å². The fourth-order valence-electron chi connectivity index (χ4n) is 9.51. The first kappa shape index (κ1) is 44.6. The summed E-state index contributed by atoms with van der Waals surface area (Å²) in [7, 11) is 0. The van der Waals surface area contributed by atoms with Crippen LogP contribution in [0.25, 0.3) is 16.8 Å². The average Bonchev–Trinajstić information content (AvgIpc) is 3.84. The number of hydrogen-bond donors (Lipinski definition) is 7. The van der Waals surface area contributed by atoms with E-state index in [4.69, 9.17) is 42.1 Å². The number of halogens is 2. The van der Waals surface area contributed by atoms with E-state index in [0.717, 1.165) is 16.5 Å². The Morgan fingerprint density at radius 3 is 2.11 bits per heavy atom. The van der Waals surface area contributed by atoms with Crippen LogP contribution in [0.2, 0.25) is 0 Å². The lowest BCUT2D eigenvalue weighted by Crippen LogP contribution is -2.60. The molecule has 62 heavy (non-hydrogen) atoms. The van der Waals surface area contributed by atoms with Crippen molar-refractivity contribution in [3.63, 3.8) is 0 Å². The zero-order valence-corrected chi connectivity index (χ0v) is 35.6. The molecule has 4 bridgehead atoms. The molecule has 4 aliphatic heterocycles. The highest BCUT2D eigenvalue weighted by atomic mass is 35.5. The van der Waals surface area contributed by atoms with E-state index in [1.165, 1.54) is 0 Å². The van der Waals surface area contributed by atoms with Crippen LogP contribution in [0.5, 0.6) is 11.5 Å². The molecule has 8 rings (SSSR count). The highest BCUT2D eigenvalue weighted by Crippen LogP contribution is 2.48. The number of aliphatic hydroxyl groups excluding tert-OH is 7. The first-order chi connectivity index (χ1) is 29.8. The Balaban J connectivity index is 1.03. The summed E-state index contributed by atoms with van der Waals surface area (Å²) >= 11 is 13.1. The molecule has 2 amide bonds. The molecule has 0 spiro atoms. The Morgan fingerprint density at radius 2 is 1.45 bits per heavy atom. The maximum absolute atomic E-state index is 14.1. The van der Waals surface area contributed by atoms with Crippen LogP contribution < -0.4 is 19.3 Å². The zero-order chi connectivity index (χ0) is 44.1. The SMILES string of the molecule is C=C1/C=C\c2c(C)c(cc3c2[C@H](CCl)CN3C(=O)CCCC(=O)N2C[C@@H](CCl)c3c2cc(OC2CC(CO)C(O)C(O)C2O)c2ccccc32)OC2OC(CO1)C(O)C(O)C2O. The number of amides is 2. The van der Waals surface area contributed by atoms with E-state index in [-0.39, 0.29) is 85.8 Å². The van der Waals surface area contributed by atoms with E-state index in [1.54, 1.807) is 34.1 Å². The number of rotatable bonds is 9. The van der Waals surface area contributed by atoms with Crippen molar-refractivity contribution in [2.45, 2.75) is 99.6 Å². The normalized spacial score (nSPS) is 32.3. The van der Waals surface area contributed by atoms with Gasteiger partial charge >= 0.3 is 0 Å². The van der Waals surface area contributed by atoms with E-state index in [2.05, 4.69) is 6.58 Å². The number of fused-ring (bicyclic) bond motifs is 9. The number of alkyl halides is 2. The summed E-state index contributed by atoms with van der Waals surface area (Å²) in [6.07, 6.45) is -8.50. The van der Waals surface area contributed by atoms with Gasteiger partial charge in [-0.2, -0.15) is 0 Å². The van der Waals surface area contributed by atoms with Gasteiger partial charge in [-0.3, -0.25) is 9.59 Å².